The maximum absolute atomic E-state index is 13.2. The van der Waals surface area contributed by atoms with Gasteiger partial charge in [-0.15, -0.1) is 11.3 Å². The number of nitrogens with zero attached hydrogens (tertiary/aromatic N) is 2. The Morgan fingerprint density at radius 3 is 2.77 bits per heavy atom. The number of hydrogen-bond donors (Lipinski definition) is 2. The Labute approximate surface area is 183 Å². The maximum Gasteiger partial charge on any atom is 0.249 e. The van der Waals surface area contributed by atoms with Crippen LogP contribution >= 0.6 is 11.3 Å². The highest BCUT2D eigenvalue weighted by atomic mass is 32.1. The SMILES string of the molecule is C[C@H](Nc1cccc(-c2nc3ccccc3s2)c1)C(=O)N1CC(=O)Nc2ccccc21. The number of amides is 2. The van der Waals surface area contributed by atoms with Crippen LogP contribution in [0.2, 0.25) is 0 Å². The van der Waals surface area contributed by atoms with Gasteiger partial charge in [0.15, 0.2) is 0 Å². The monoisotopic (exact) mass is 428 g/mol. The fraction of sp³-hybridized carbons (Fsp3) is 0.125. The van der Waals surface area contributed by atoms with Crippen LogP contribution in [0.15, 0.2) is 72.8 Å². The smallest absolute Gasteiger partial charge is 0.249 e. The zero-order valence-electron chi connectivity index (χ0n) is 16.8. The third-order valence-electron chi connectivity index (χ3n) is 5.19. The molecule has 6 nitrogen and oxygen atoms in total. The van der Waals surface area contributed by atoms with Gasteiger partial charge in [-0.3, -0.25) is 14.5 Å². The van der Waals surface area contributed by atoms with Gasteiger partial charge in [-0.1, -0.05) is 36.4 Å². The number of benzene rings is 3. The molecule has 0 bridgehead atoms. The van der Waals surface area contributed by atoms with Crippen LogP contribution in [0.25, 0.3) is 20.8 Å². The van der Waals surface area contributed by atoms with Gasteiger partial charge < -0.3 is 10.6 Å². The van der Waals surface area contributed by atoms with E-state index in [9.17, 15) is 9.59 Å². The molecule has 0 fully saturated rings. The zero-order chi connectivity index (χ0) is 21.4. The van der Waals surface area contributed by atoms with E-state index in [0.29, 0.717) is 11.4 Å². The minimum atomic E-state index is -0.510. The van der Waals surface area contributed by atoms with E-state index >= 15 is 0 Å². The number of carbonyl (C=O) groups excluding carboxylic acids is 2. The van der Waals surface area contributed by atoms with E-state index in [1.165, 1.54) is 4.90 Å². The lowest BCUT2D eigenvalue weighted by molar-refractivity contribution is -0.122. The van der Waals surface area contributed by atoms with E-state index in [2.05, 4.69) is 16.7 Å². The van der Waals surface area contributed by atoms with Crippen LogP contribution < -0.4 is 15.5 Å². The molecule has 1 atom stereocenters. The molecule has 2 amide bonds. The molecular weight excluding hydrogens is 408 g/mol. The zero-order valence-corrected chi connectivity index (χ0v) is 17.6. The van der Waals surface area contributed by atoms with Crippen molar-refractivity contribution in [2.75, 3.05) is 22.1 Å². The van der Waals surface area contributed by atoms with Gasteiger partial charge in [0.2, 0.25) is 11.8 Å². The first-order chi connectivity index (χ1) is 15.1. The van der Waals surface area contributed by atoms with E-state index in [4.69, 9.17) is 4.98 Å². The Hall–Kier alpha value is -3.71. The average molecular weight is 429 g/mol. The van der Waals surface area contributed by atoms with Gasteiger partial charge in [0.25, 0.3) is 0 Å². The Morgan fingerprint density at radius 2 is 1.90 bits per heavy atom. The fourth-order valence-corrected chi connectivity index (χ4v) is 4.68. The summed E-state index contributed by atoms with van der Waals surface area (Å²) in [7, 11) is 0. The average Bonchev–Trinajstić information content (AvgIpc) is 3.22. The molecule has 0 aliphatic carbocycles. The molecule has 0 saturated carbocycles. The van der Waals surface area contributed by atoms with E-state index in [0.717, 1.165) is 26.5 Å². The van der Waals surface area contributed by atoms with Crippen LogP contribution in [-0.2, 0) is 9.59 Å². The summed E-state index contributed by atoms with van der Waals surface area (Å²) in [5.74, 6) is -0.357. The summed E-state index contributed by atoms with van der Waals surface area (Å²) in [6.07, 6.45) is 0. The first-order valence-electron chi connectivity index (χ1n) is 10.0. The first-order valence-corrected chi connectivity index (χ1v) is 10.8. The second-order valence-corrected chi connectivity index (χ2v) is 8.45. The Bertz CT molecular complexity index is 1270. The Balaban J connectivity index is 1.37. The number of aromatic nitrogens is 1. The molecule has 1 aliphatic rings. The van der Waals surface area contributed by atoms with Crippen molar-refractivity contribution in [3.8, 4) is 10.6 Å². The third-order valence-corrected chi connectivity index (χ3v) is 6.28. The summed E-state index contributed by atoms with van der Waals surface area (Å²) < 4.78 is 1.14. The van der Waals surface area contributed by atoms with Crippen molar-refractivity contribution in [1.82, 2.24) is 4.98 Å². The van der Waals surface area contributed by atoms with Crippen LogP contribution in [0.4, 0.5) is 17.1 Å². The molecule has 4 aromatic rings. The molecule has 0 unspecified atom stereocenters. The number of fused-ring (bicyclic) bond motifs is 2. The van der Waals surface area contributed by atoms with Crippen molar-refractivity contribution < 1.29 is 9.59 Å². The van der Waals surface area contributed by atoms with Crippen molar-refractivity contribution in [2.24, 2.45) is 0 Å². The quantitative estimate of drug-likeness (QED) is 0.492. The highest BCUT2D eigenvalue weighted by Crippen LogP contribution is 2.32. The lowest BCUT2D eigenvalue weighted by Crippen LogP contribution is -2.47. The predicted molar refractivity (Wildman–Crippen MR) is 126 cm³/mol. The van der Waals surface area contributed by atoms with Gasteiger partial charge >= 0.3 is 0 Å². The van der Waals surface area contributed by atoms with Gasteiger partial charge in [-0.25, -0.2) is 4.98 Å². The molecule has 2 N–H and O–H groups in total. The molecule has 7 heteroatoms. The van der Waals surface area contributed by atoms with Crippen LogP contribution in [0.1, 0.15) is 6.92 Å². The fourth-order valence-electron chi connectivity index (χ4n) is 3.71. The number of thiazole rings is 1. The van der Waals surface area contributed by atoms with Crippen LogP contribution in [0, 0.1) is 0 Å². The van der Waals surface area contributed by atoms with E-state index in [1.807, 2.05) is 67.6 Å². The Kier molecular flexibility index (Phi) is 4.88. The lowest BCUT2D eigenvalue weighted by Gasteiger charge is -2.31. The highest BCUT2D eigenvalue weighted by molar-refractivity contribution is 7.21. The van der Waals surface area contributed by atoms with Gasteiger partial charge in [0.05, 0.1) is 21.6 Å². The largest absolute Gasteiger partial charge is 0.374 e. The normalized spacial score (nSPS) is 14.1. The molecule has 0 saturated heterocycles. The minimum Gasteiger partial charge on any atom is -0.374 e. The molecule has 3 aromatic carbocycles. The van der Waals surface area contributed by atoms with Crippen molar-refractivity contribution in [1.29, 1.82) is 0 Å². The van der Waals surface area contributed by atoms with Crippen molar-refractivity contribution in [2.45, 2.75) is 13.0 Å². The van der Waals surface area contributed by atoms with Crippen LogP contribution in [0.3, 0.4) is 0 Å². The number of hydrogen-bond acceptors (Lipinski definition) is 5. The standard InChI is InChI=1S/C24H20N4O2S/c1-15(24(30)28-14-22(29)26-18-9-2-4-11-20(18)28)25-17-8-6-7-16(13-17)23-27-19-10-3-5-12-21(19)31-23/h2-13,15,25H,14H2,1H3,(H,26,29)/t15-/m0/s1. The van der Waals surface area contributed by atoms with E-state index in [-0.39, 0.29) is 18.4 Å². The summed E-state index contributed by atoms with van der Waals surface area (Å²) in [4.78, 5) is 31.5. The molecule has 154 valence electrons. The summed E-state index contributed by atoms with van der Waals surface area (Å²) >= 11 is 1.64. The number of anilines is 3. The predicted octanol–water partition coefficient (Wildman–Crippen LogP) is 4.75. The van der Waals surface area contributed by atoms with Crippen LogP contribution in [0.5, 0.6) is 0 Å². The molecule has 5 rings (SSSR count). The van der Waals surface area contributed by atoms with E-state index < -0.39 is 6.04 Å². The number of nitrogens with one attached hydrogen (secondary N) is 2. The lowest BCUT2D eigenvalue weighted by atomic mass is 10.1. The maximum atomic E-state index is 13.2. The van der Waals surface area contributed by atoms with Gasteiger partial charge in [0, 0.05) is 11.3 Å². The molecule has 2 heterocycles. The topological polar surface area (TPSA) is 74.3 Å². The third kappa shape index (κ3) is 3.75. The first kappa shape index (κ1) is 19.3. The summed E-state index contributed by atoms with van der Waals surface area (Å²) in [5.41, 5.74) is 4.16. The molecule has 31 heavy (non-hydrogen) atoms. The second-order valence-electron chi connectivity index (χ2n) is 7.42. The van der Waals surface area contributed by atoms with Gasteiger partial charge in [-0.2, -0.15) is 0 Å². The summed E-state index contributed by atoms with van der Waals surface area (Å²) in [5, 5.41) is 7.03. The number of para-hydroxylation sites is 3. The van der Waals surface area contributed by atoms with E-state index in [1.54, 1.807) is 17.4 Å². The van der Waals surface area contributed by atoms with Crippen LogP contribution in [-0.4, -0.2) is 29.4 Å². The van der Waals surface area contributed by atoms with Gasteiger partial charge in [0.1, 0.15) is 17.6 Å². The molecule has 0 radical (unpaired) electrons. The Morgan fingerprint density at radius 1 is 1.10 bits per heavy atom. The molecule has 1 aromatic heterocycles. The highest BCUT2D eigenvalue weighted by Gasteiger charge is 2.29. The van der Waals surface area contributed by atoms with Crippen molar-refractivity contribution in [3.05, 3.63) is 72.8 Å². The number of rotatable bonds is 4. The molecule has 1 aliphatic heterocycles. The number of carbonyl (C=O) groups is 2. The summed E-state index contributed by atoms with van der Waals surface area (Å²) in [6, 6.07) is 22.8. The van der Waals surface area contributed by atoms with Gasteiger partial charge in [-0.05, 0) is 43.3 Å². The second kappa shape index (κ2) is 7.85. The molecular formula is C24H20N4O2S. The van der Waals surface area contributed by atoms with Crippen molar-refractivity contribution >= 4 is 50.4 Å². The summed E-state index contributed by atoms with van der Waals surface area (Å²) in [6.45, 7) is 1.81. The molecule has 0 spiro atoms. The van der Waals surface area contributed by atoms with Crippen molar-refractivity contribution in [3.63, 3.8) is 0 Å². The minimum absolute atomic E-state index is 0.00755.